The summed E-state index contributed by atoms with van der Waals surface area (Å²) in [6, 6.07) is 17.3. The Morgan fingerprint density at radius 2 is 1.88 bits per heavy atom. The van der Waals surface area contributed by atoms with Crippen LogP contribution in [-0.2, 0) is 0 Å². The zero-order valence-electron chi connectivity index (χ0n) is 13.7. The largest absolute Gasteiger partial charge is 0.494 e. The number of aromatic nitrogens is 1. The molecule has 0 unspecified atom stereocenters. The van der Waals surface area contributed by atoms with Gasteiger partial charge in [0.05, 0.1) is 12.3 Å². The highest BCUT2D eigenvalue weighted by atomic mass is 19.1. The van der Waals surface area contributed by atoms with Crippen molar-refractivity contribution in [3.63, 3.8) is 0 Å². The van der Waals surface area contributed by atoms with E-state index >= 15 is 0 Å². The SMILES string of the molecule is CCOc1ccc(-c2cc(-c3cccc(F)c3)c(C#N)c(N)n2)cc1. The molecule has 0 bridgehead atoms. The fraction of sp³-hybridized carbons (Fsp3) is 0.100. The fourth-order valence-electron chi connectivity index (χ4n) is 2.60. The first kappa shape index (κ1) is 16.5. The maximum Gasteiger partial charge on any atom is 0.142 e. The lowest BCUT2D eigenvalue weighted by atomic mass is 9.98. The van der Waals surface area contributed by atoms with Gasteiger partial charge in [0.15, 0.2) is 0 Å². The van der Waals surface area contributed by atoms with Crippen molar-refractivity contribution >= 4 is 5.82 Å². The summed E-state index contributed by atoms with van der Waals surface area (Å²) in [6.07, 6.45) is 0. The Kier molecular flexibility index (Phi) is 4.62. The Balaban J connectivity index is 2.12. The molecule has 0 fully saturated rings. The number of hydrogen-bond acceptors (Lipinski definition) is 4. The van der Waals surface area contributed by atoms with Gasteiger partial charge in [0.1, 0.15) is 29.0 Å². The molecule has 2 aromatic carbocycles. The van der Waals surface area contributed by atoms with Crippen LogP contribution in [0.25, 0.3) is 22.4 Å². The molecule has 4 nitrogen and oxygen atoms in total. The van der Waals surface area contributed by atoms with Crippen molar-refractivity contribution in [2.45, 2.75) is 6.92 Å². The Bertz CT molecular complexity index is 946. The van der Waals surface area contributed by atoms with E-state index in [9.17, 15) is 9.65 Å². The fourth-order valence-corrected chi connectivity index (χ4v) is 2.60. The molecule has 0 saturated carbocycles. The normalized spacial score (nSPS) is 10.3. The first-order valence-electron chi connectivity index (χ1n) is 7.82. The van der Waals surface area contributed by atoms with Gasteiger partial charge in [0, 0.05) is 11.1 Å². The van der Waals surface area contributed by atoms with Crippen LogP contribution in [0.2, 0.25) is 0 Å². The highest BCUT2D eigenvalue weighted by molar-refractivity contribution is 5.80. The third-order valence-electron chi connectivity index (χ3n) is 3.76. The molecule has 0 amide bonds. The van der Waals surface area contributed by atoms with Gasteiger partial charge in [-0.15, -0.1) is 0 Å². The summed E-state index contributed by atoms with van der Waals surface area (Å²) in [7, 11) is 0. The first-order chi connectivity index (χ1) is 12.1. The molecule has 0 saturated heterocycles. The van der Waals surface area contributed by atoms with Crippen LogP contribution < -0.4 is 10.5 Å². The molecule has 25 heavy (non-hydrogen) atoms. The molecular formula is C20H16FN3O. The highest BCUT2D eigenvalue weighted by Gasteiger charge is 2.14. The van der Waals surface area contributed by atoms with Gasteiger partial charge in [-0.05, 0) is 55.0 Å². The number of benzene rings is 2. The lowest BCUT2D eigenvalue weighted by molar-refractivity contribution is 0.340. The van der Waals surface area contributed by atoms with Crippen molar-refractivity contribution in [2.24, 2.45) is 0 Å². The molecule has 0 spiro atoms. The second-order valence-electron chi connectivity index (χ2n) is 5.39. The van der Waals surface area contributed by atoms with Crippen LogP contribution in [0.1, 0.15) is 12.5 Å². The van der Waals surface area contributed by atoms with Crippen molar-refractivity contribution in [3.8, 4) is 34.2 Å². The summed E-state index contributed by atoms with van der Waals surface area (Å²) in [4.78, 5) is 4.32. The van der Waals surface area contributed by atoms with E-state index in [2.05, 4.69) is 11.1 Å². The van der Waals surface area contributed by atoms with Gasteiger partial charge in [-0.25, -0.2) is 9.37 Å². The molecule has 2 N–H and O–H groups in total. The molecule has 0 aliphatic carbocycles. The lowest BCUT2D eigenvalue weighted by Crippen LogP contribution is -2.00. The summed E-state index contributed by atoms with van der Waals surface area (Å²) in [5, 5.41) is 9.41. The summed E-state index contributed by atoms with van der Waals surface area (Å²) in [5.41, 5.74) is 8.78. The Hall–Kier alpha value is -3.39. The standard InChI is InChI=1S/C20H16FN3O/c1-2-25-16-8-6-13(7-9-16)19-11-17(18(12-22)20(23)24-19)14-4-3-5-15(21)10-14/h3-11H,2H2,1H3,(H2,23,24). The maximum absolute atomic E-state index is 13.6. The Morgan fingerprint density at radius 3 is 2.52 bits per heavy atom. The predicted molar refractivity (Wildman–Crippen MR) is 95.4 cm³/mol. The van der Waals surface area contributed by atoms with Gasteiger partial charge in [0.2, 0.25) is 0 Å². The quantitative estimate of drug-likeness (QED) is 0.768. The number of pyridine rings is 1. The van der Waals surface area contributed by atoms with Gasteiger partial charge in [-0.2, -0.15) is 5.26 Å². The van der Waals surface area contributed by atoms with Crippen molar-refractivity contribution in [3.05, 3.63) is 66.0 Å². The second kappa shape index (κ2) is 7.02. The number of anilines is 1. The summed E-state index contributed by atoms with van der Waals surface area (Å²) < 4.78 is 19.0. The number of nitrogen functional groups attached to an aromatic ring is 1. The molecule has 5 heteroatoms. The zero-order chi connectivity index (χ0) is 17.8. The number of nitrogens with zero attached hydrogens (tertiary/aromatic N) is 2. The molecule has 0 aliphatic heterocycles. The molecule has 1 heterocycles. The molecule has 0 radical (unpaired) electrons. The molecule has 124 valence electrons. The van der Waals surface area contributed by atoms with E-state index in [1.807, 2.05) is 31.2 Å². The number of nitriles is 1. The van der Waals surface area contributed by atoms with E-state index in [-0.39, 0.29) is 17.2 Å². The van der Waals surface area contributed by atoms with E-state index in [0.717, 1.165) is 11.3 Å². The van der Waals surface area contributed by atoms with Gasteiger partial charge in [-0.3, -0.25) is 0 Å². The third-order valence-corrected chi connectivity index (χ3v) is 3.76. The third kappa shape index (κ3) is 3.43. The molecule has 0 atom stereocenters. The summed E-state index contributed by atoms with van der Waals surface area (Å²) >= 11 is 0. The Morgan fingerprint density at radius 1 is 1.12 bits per heavy atom. The van der Waals surface area contributed by atoms with Crippen LogP contribution in [0.4, 0.5) is 10.2 Å². The smallest absolute Gasteiger partial charge is 0.142 e. The van der Waals surface area contributed by atoms with Gasteiger partial charge < -0.3 is 10.5 Å². The molecule has 3 rings (SSSR count). The van der Waals surface area contributed by atoms with Gasteiger partial charge in [-0.1, -0.05) is 12.1 Å². The zero-order valence-corrected chi connectivity index (χ0v) is 13.7. The van der Waals surface area contributed by atoms with Crippen LogP contribution in [0.3, 0.4) is 0 Å². The molecule has 3 aromatic rings. The number of ether oxygens (including phenoxy) is 1. The van der Waals surface area contributed by atoms with Crippen LogP contribution in [0.15, 0.2) is 54.6 Å². The molecule has 0 aliphatic rings. The van der Waals surface area contributed by atoms with Crippen molar-refractivity contribution < 1.29 is 9.13 Å². The number of halogens is 1. The average Bonchev–Trinajstić information content (AvgIpc) is 2.62. The van der Waals surface area contributed by atoms with Crippen molar-refractivity contribution in [1.82, 2.24) is 4.98 Å². The van der Waals surface area contributed by atoms with Crippen molar-refractivity contribution in [2.75, 3.05) is 12.3 Å². The van der Waals surface area contributed by atoms with E-state index in [0.29, 0.717) is 23.4 Å². The first-order valence-corrected chi connectivity index (χ1v) is 7.82. The second-order valence-corrected chi connectivity index (χ2v) is 5.39. The van der Waals surface area contributed by atoms with Crippen LogP contribution in [-0.4, -0.2) is 11.6 Å². The summed E-state index contributed by atoms with van der Waals surface area (Å²) in [6.45, 7) is 2.51. The van der Waals surface area contributed by atoms with Crippen LogP contribution in [0, 0.1) is 17.1 Å². The Labute approximate surface area is 145 Å². The maximum atomic E-state index is 13.6. The average molecular weight is 333 g/mol. The number of rotatable bonds is 4. The lowest BCUT2D eigenvalue weighted by Gasteiger charge is -2.11. The molecule has 1 aromatic heterocycles. The van der Waals surface area contributed by atoms with Crippen molar-refractivity contribution in [1.29, 1.82) is 5.26 Å². The highest BCUT2D eigenvalue weighted by Crippen LogP contribution is 2.32. The van der Waals surface area contributed by atoms with E-state index in [1.54, 1.807) is 18.2 Å². The monoisotopic (exact) mass is 333 g/mol. The summed E-state index contributed by atoms with van der Waals surface area (Å²) in [5.74, 6) is 0.505. The minimum atomic E-state index is -0.376. The van der Waals surface area contributed by atoms with Gasteiger partial charge >= 0.3 is 0 Å². The van der Waals surface area contributed by atoms with E-state index < -0.39 is 0 Å². The van der Waals surface area contributed by atoms with E-state index in [4.69, 9.17) is 10.5 Å². The molecular weight excluding hydrogens is 317 g/mol. The van der Waals surface area contributed by atoms with Crippen LogP contribution in [0.5, 0.6) is 5.75 Å². The number of nitrogens with two attached hydrogens (primary N) is 1. The topological polar surface area (TPSA) is 71.9 Å². The minimum absolute atomic E-state index is 0.119. The minimum Gasteiger partial charge on any atom is -0.494 e. The number of hydrogen-bond donors (Lipinski definition) is 1. The predicted octanol–water partition coefficient (Wildman–Crippen LogP) is 4.41. The van der Waals surface area contributed by atoms with E-state index in [1.165, 1.54) is 12.1 Å². The van der Waals surface area contributed by atoms with Gasteiger partial charge in [0.25, 0.3) is 0 Å². The van der Waals surface area contributed by atoms with Crippen LogP contribution >= 0.6 is 0 Å².